The predicted molar refractivity (Wildman–Crippen MR) is 97.9 cm³/mol. The van der Waals surface area contributed by atoms with Gasteiger partial charge in [0.2, 0.25) is 0 Å². The number of nitriles is 1. The molecule has 0 amide bonds. The molecule has 1 heterocycles. The van der Waals surface area contributed by atoms with Crippen LogP contribution in [0.3, 0.4) is 0 Å². The number of phenolic OH excluding ortho intramolecular Hbond substituents is 1. The normalized spacial score (nSPS) is 10.8. The highest BCUT2D eigenvalue weighted by atomic mass is 16.4. The van der Waals surface area contributed by atoms with E-state index in [1.807, 2.05) is 6.07 Å². The second kappa shape index (κ2) is 6.00. The van der Waals surface area contributed by atoms with Crippen molar-refractivity contribution in [3.8, 4) is 34.3 Å². The summed E-state index contributed by atoms with van der Waals surface area (Å²) in [7, 11) is 0. The smallest absolute Gasteiger partial charge is 0.336 e. The number of carbonyl (C=O) groups is 1. The molecule has 0 saturated heterocycles. The van der Waals surface area contributed by atoms with Crippen LogP contribution in [-0.4, -0.2) is 16.2 Å². The van der Waals surface area contributed by atoms with Gasteiger partial charge in [-0.3, -0.25) is 4.79 Å². The number of hydrogen-bond acceptors (Lipinski definition) is 5. The molecule has 0 saturated carbocycles. The molecule has 2 aromatic carbocycles. The first-order valence-electron chi connectivity index (χ1n) is 7.95. The number of carboxylic acid groups (broad SMARTS) is 1. The summed E-state index contributed by atoms with van der Waals surface area (Å²) in [4.78, 5) is 23.6. The highest BCUT2D eigenvalue weighted by Gasteiger charge is 2.22. The zero-order valence-corrected chi connectivity index (χ0v) is 13.8. The summed E-state index contributed by atoms with van der Waals surface area (Å²) in [6.07, 6.45) is 0. The molecule has 2 N–H and O–H groups in total. The van der Waals surface area contributed by atoms with Crippen LogP contribution < -0.4 is 5.43 Å². The lowest BCUT2D eigenvalue weighted by atomic mass is 9.90. The molecule has 0 unspecified atom stereocenters. The predicted octanol–water partition coefficient (Wildman–Crippen LogP) is 3.84. The van der Waals surface area contributed by atoms with E-state index in [0.29, 0.717) is 27.7 Å². The molecule has 0 radical (unpaired) electrons. The van der Waals surface area contributed by atoms with Gasteiger partial charge in [0, 0.05) is 28.6 Å². The minimum absolute atomic E-state index is 0.0203. The topological polar surface area (TPSA) is 112 Å². The molecule has 0 spiro atoms. The average Bonchev–Trinajstić information content (AvgIpc) is 2.65. The van der Waals surface area contributed by atoms with Gasteiger partial charge in [-0.2, -0.15) is 5.26 Å². The van der Waals surface area contributed by atoms with Gasteiger partial charge in [-0.05, 0) is 42.0 Å². The Morgan fingerprint density at radius 1 is 1.00 bits per heavy atom. The van der Waals surface area contributed by atoms with Gasteiger partial charge >= 0.3 is 5.97 Å². The van der Waals surface area contributed by atoms with Crippen molar-refractivity contribution < 1.29 is 19.4 Å². The van der Waals surface area contributed by atoms with E-state index >= 15 is 0 Å². The van der Waals surface area contributed by atoms with Crippen LogP contribution in [0, 0.1) is 11.3 Å². The lowest BCUT2D eigenvalue weighted by Gasteiger charge is -2.16. The first-order valence-corrected chi connectivity index (χ1v) is 7.95. The van der Waals surface area contributed by atoms with E-state index < -0.39 is 5.97 Å². The van der Waals surface area contributed by atoms with E-state index in [4.69, 9.17) is 9.68 Å². The van der Waals surface area contributed by atoms with Crippen LogP contribution in [0.1, 0.15) is 15.9 Å². The van der Waals surface area contributed by atoms with Gasteiger partial charge in [-0.25, -0.2) is 4.79 Å². The Kier molecular flexibility index (Phi) is 3.64. The van der Waals surface area contributed by atoms with Crippen molar-refractivity contribution in [2.45, 2.75) is 0 Å². The third kappa shape index (κ3) is 2.68. The average molecular weight is 357 g/mol. The summed E-state index contributed by atoms with van der Waals surface area (Å²) in [5.41, 5.74) is 1.73. The Bertz CT molecular complexity index is 1300. The number of phenols is 1. The van der Waals surface area contributed by atoms with Crippen molar-refractivity contribution in [2.24, 2.45) is 0 Å². The molecule has 27 heavy (non-hydrogen) atoms. The molecule has 0 aromatic heterocycles. The first-order chi connectivity index (χ1) is 13.0. The largest absolute Gasteiger partial charge is 0.508 e. The van der Waals surface area contributed by atoms with Gasteiger partial charge in [-0.15, -0.1) is 0 Å². The summed E-state index contributed by atoms with van der Waals surface area (Å²) in [5.74, 6) is -0.923. The van der Waals surface area contributed by atoms with Crippen molar-refractivity contribution in [2.75, 3.05) is 0 Å². The van der Waals surface area contributed by atoms with Gasteiger partial charge in [0.25, 0.3) is 0 Å². The Balaban J connectivity index is 2.20. The van der Waals surface area contributed by atoms with Gasteiger partial charge in [-0.1, -0.05) is 6.07 Å². The highest BCUT2D eigenvalue weighted by Crippen LogP contribution is 2.41. The Morgan fingerprint density at radius 3 is 2.52 bits per heavy atom. The molecule has 6 nitrogen and oxygen atoms in total. The Morgan fingerprint density at radius 2 is 1.78 bits per heavy atom. The molecule has 0 atom stereocenters. The fourth-order valence-electron chi connectivity index (χ4n) is 3.16. The number of aromatic hydroxyl groups is 1. The van der Waals surface area contributed by atoms with Crippen molar-refractivity contribution in [1.29, 1.82) is 5.26 Å². The summed E-state index contributed by atoms with van der Waals surface area (Å²) in [6.45, 7) is 0. The van der Waals surface area contributed by atoms with Gasteiger partial charge in [0.15, 0.2) is 5.43 Å². The lowest BCUT2D eigenvalue weighted by Crippen LogP contribution is -2.04. The quantitative estimate of drug-likeness (QED) is 0.527. The van der Waals surface area contributed by atoms with E-state index in [2.05, 4.69) is 0 Å². The second-order valence-electron chi connectivity index (χ2n) is 5.99. The van der Waals surface area contributed by atoms with Gasteiger partial charge < -0.3 is 14.6 Å². The highest BCUT2D eigenvalue weighted by molar-refractivity contribution is 6.07. The van der Waals surface area contributed by atoms with E-state index in [1.165, 1.54) is 36.4 Å². The van der Waals surface area contributed by atoms with Crippen LogP contribution in [0.5, 0.6) is 5.75 Å². The standard InChI is InChI=1S/C21H11NO5/c22-10-11-1-4-14(17(7-11)21(25)26)20-15-5-2-12(23)8-18(15)27-19-9-13(24)3-6-16(19)20/h1-9,23H,(H,25,26). The fourth-order valence-corrected chi connectivity index (χ4v) is 3.16. The molecule has 1 aliphatic carbocycles. The van der Waals surface area contributed by atoms with Crippen molar-refractivity contribution in [3.63, 3.8) is 0 Å². The molecule has 4 rings (SSSR count). The van der Waals surface area contributed by atoms with Crippen LogP contribution in [0.2, 0.25) is 0 Å². The third-order valence-electron chi connectivity index (χ3n) is 4.33. The minimum atomic E-state index is -1.18. The lowest BCUT2D eigenvalue weighted by molar-refractivity contribution is 0.0697. The van der Waals surface area contributed by atoms with Crippen LogP contribution in [0.4, 0.5) is 0 Å². The summed E-state index contributed by atoms with van der Waals surface area (Å²) in [6, 6.07) is 15.1. The number of rotatable bonds is 2. The number of aromatic carboxylic acids is 1. The monoisotopic (exact) mass is 357 g/mol. The van der Waals surface area contributed by atoms with Crippen molar-refractivity contribution >= 4 is 16.9 Å². The Labute approximate surface area is 152 Å². The molecule has 0 bridgehead atoms. The molecule has 1 aliphatic heterocycles. The first kappa shape index (κ1) is 16.4. The summed E-state index contributed by atoms with van der Waals surface area (Å²) >= 11 is 0. The minimum Gasteiger partial charge on any atom is -0.508 e. The third-order valence-corrected chi connectivity index (χ3v) is 4.33. The molecule has 130 valence electrons. The SMILES string of the molecule is N#Cc1ccc(-c2c3ccc(=O)cc-3oc3cc(O)ccc23)c(C(=O)O)c1. The van der Waals surface area contributed by atoms with Crippen LogP contribution in [0.15, 0.2) is 63.8 Å². The number of benzene rings is 3. The van der Waals surface area contributed by atoms with Crippen LogP contribution in [-0.2, 0) is 0 Å². The zero-order valence-electron chi connectivity index (χ0n) is 13.8. The second-order valence-corrected chi connectivity index (χ2v) is 5.99. The number of hydrogen-bond donors (Lipinski definition) is 2. The maximum atomic E-state index is 11.8. The summed E-state index contributed by atoms with van der Waals surface area (Å²) < 4.78 is 5.76. The zero-order chi connectivity index (χ0) is 19.1. The Hall–Kier alpha value is -4.11. The van der Waals surface area contributed by atoms with E-state index in [0.717, 1.165) is 0 Å². The van der Waals surface area contributed by atoms with E-state index in [1.54, 1.807) is 18.2 Å². The molecule has 0 fully saturated rings. The van der Waals surface area contributed by atoms with Crippen LogP contribution >= 0.6 is 0 Å². The molecular formula is C21H11NO5. The van der Waals surface area contributed by atoms with E-state index in [-0.39, 0.29) is 28.1 Å². The van der Waals surface area contributed by atoms with Crippen LogP contribution in [0.25, 0.3) is 33.4 Å². The fraction of sp³-hybridized carbons (Fsp3) is 0. The number of nitrogens with zero attached hydrogens (tertiary/aromatic N) is 1. The maximum absolute atomic E-state index is 11.8. The molecular weight excluding hydrogens is 346 g/mol. The maximum Gasteiger partial charge on any atom is 0.336 e. The van der Waals surface area contributed by atoms with Gasteiger partial charge in [0.1, 0.15) is 17.1 Å². The number of fused-ring (bicyclic) bond motifs is 2. The summed E-state index contributed by atoms with van der Waals surface area (Å²) in [5, 5.41) is 29.1. The van der Waals surface area contributed by atoms with E-state index in [9.17, 15) is 19.8 Å². The molecule has 2 aliphatic rings. The van der Waals surface area contributed by atoms with Crippen molar-refractivity contribution in [1.82, 2.24) is 0 Å². The van der Waals surface area contributed by atoms with Crippen molar-refractivity contribution in [3.05, 3.63) is 75.9 Å². The van der Waals surface area contributed by atoms with Gasteiger partial charge in [0.05, 0.1) is 17.2 Å². The number of carboxylic acids is 1. The molecule has 2 aromatic rings. The molecule has 6 heteroatoms.